The van der Waals surface area contributed by atoms with E-state index in [1.165, 1.54) is 10.5 Å². The fraction of sp³-hybridized carbons (Fsp3) is 0.429. The van der Waals surface area contributed by atoms with Gasteiger partial charge in [-0.15, -0.1) is 0 Å². The van der Waals surface area contributed by atoms with Gasteiger partial charge in [-0.05, 0) is 18.6 Å². The highest BCUT2D eigenvalue weighted by Gasteiger charge is 2.26. The molecule has 0 spiro atoms. The fourth-order valence-corrected chi connectivity index (χ4v) is 3.34. The lowest BCUT2D eigenvalue weighted by Gasteiger charge is -2.21. The standard InChI is InChI=1S/C14H20N4O3S/c1-3-17-12-14(10-16-17)22(19,20)18(7-8-21-2)11-13-5-4-6-15-9-13/h4-6,9-10,12H,3,7-8,11H2,1-2H3. The Labute approximate surface area is 130 Å². The van der Waals surface area contributed by atoms with Gasteiger partial charge in [0.15, 0.2) is 0 Å². The van der Waals surface area contributed by atoms with Crippen LogP contribution in [-0.2, 0) is 27.8 Å². The number of sulfonamides is 1. The Morgan fingerprint density at radius 2 is 2.18 bits per heavy atom. The molecule has 0 amide bonds. The average Bonchev–Trinajstić information content (AvgIpc) is 3.02. The van der Waals surface area contributed by atoms with Crippen LogP contribution in [0, 0.1) is 0 Å². The van der Waals surface area contributed by atoms with E-state index in [0.717, 1.165) is 5.56 Å². The average molecular weight is 324 g/mol. The number of aromatic nitrogens is 3. The summed E-state index contributed by atoms with van der Waals surface area (Å²) in [5, 5.41) is 4.04. The zero-order chi connectivity index (χ0) is 16.0. The van der Waals surface area contributed by atoms with E-state index in [-0.39, 0.29) is 18.0 Å². The predicted molar refractivity (Wildman–Crippen MR) is 81.6 cm³/mol. The van der Waals surface area contributed by atoms with Crippen molar-refractivity contribution < 1.29 is 13.2 Å². The SMILES string of the molecule is CCn1cc(S(=O)(=O)N(CCOC)Cc2cccnc2)cn1. The quantitative estimate of drug-likeness (QED) is 0.727. The van der Waals surface area contributed by atoms with E-state index in [2.05, 4.69) is 10.1 Å². The van der Waals surface area contributed by atoms with E-state index in [1.807, 2.05) is 13.0 Å². The minimum Gasteiger partial charge on any atom is -0.383 e. The molecule has 0 aliphatic heterocycles. The van der Waals surface area contributed by atoms with Crippen molar-refractivity contribution in [2.45, 2.75) is 24.9 Å². The summed E-state index contributed by atoms with van der Waals surface area (Å²) in [7, 11) is -2.07. The topological polar surface area (TPSA) is 77.3 Å². The van der Waals surface area contributed by atoms with Gasteiger partial charge in [-0.25, -0.2) is 8.42 Å². The molecule has 0 aliphatic rings. The molecule has 0 atom stereocenters. The molecule has 2 aromatic heterocycles. The van der Waals surface area contributed by atoms with Crippen molar-refractivity contribution >= 4 is 10.0 Å². The number of rotatable bonds is 8. The van der Waals surface area contributed by atoms with Crippen molar-refractivity contribution in [3.8, 4) is 0 Å². The lowest BCUT2D eigenvalue weighted by atomic mass is 10.3. The van der Waals surface area contributed by atoms with E-state index >= 15 is 0 Å². The third kappa shape index (κ3) is 3.90. The summed E-state index contributed by atoms with van der Waals surface area (Å²) in [6, 6.07) is 3.63. The Morgan fingerprint density at radius 1 is 1.36 bits per heavy atom. The molecule has 0 unspecified atom stereocenters. The van der Waals surface area contributed by atoms with Crippen LogP contribution in [-0.4, -0.2) is 47.7 Å². The van der Waals surface area contributed by atoms with Crippen LogP contribution in [0.2, 0.25) is 0 Å². The first kappa shape index (κ1) is 16.6. The molecule has 8 heteroatoms. The summed E-state index contributed by atoms with van der Waals surface area (Å²) < 4.78 is 33.5. The van der Waals surface area contributed by atoms with Crippen molar-refractivity contribution in [1.29, 1.82) is 0 Å². The fourth-order valence-electron chi connectivity index (χ4n) is 1.97. The Hall–Kier alpha value is -1.77. The van der Waals surface area contributed by atoms with Crippen LogP contribution < -0.4 is 0 Å². The molecule has 22 heavy (non-hydrogen) atoms. The highest BCUT2D eigenvalue weighted by Crippen LogP contribution is 2.17. The van der Waals surface area contributed by atoms with Gasteiger partial charge < -0.3 is 4.74 Å². The largest absolute Gasteiger partial charge is 0.383 e. The molecule has 0 fully saturated rings. The van der Waals surface area contributed by atoms with Gasteiger partial charge in [0, 0.05) is 45.3 Å². The first-order chi connectivity index (χ1) is 10.6. The Kier molecular flexibility index (Phi) is 5.64. The maximum Gasteiger partial charge on any atom is 0.246 e. The monoisotopic (exact) mass is 324 g/mol. The van der Waals surface area contributed by atoms with E-state index in [0.29, 0.717) is 13.2 Å². The molecular formula is C14H20N4O3S. The summed E-state index contributed by atoms with van der Waals surface area (Å²) in [5.74, 6) is 0. The van der Waals surface area contributed by atoms with Crippen LogP contribution >= 0.6 is 0 Å². The maximum atomic E-state index is 12.8. The van der Waals surface area contributed by atoms with E-state index in [1.54, 1.807) is 36.4 Å². The molecular weight excluding hydrogens is 304 g/mol. The summed E-state index contributed by atoms with van der Waals surface area (Å²) in [5.41, 5.74) is 0.824. The van der Waals surface area contributed by atoms with Crippen molar-refractivity contribution in [1.82, 2.24) is 19.1 Å². The van der Waals surface area contributed by atoms with Gasteiger partial charge >= 0.3 is 0 Å². The van der Waals surface area contributed by atoms with Gasteiger partial charge in [0.25, 0.3) is 0 Å². The molecule has 0 saturated carbocycles. The Bertz CT molecular complexity index is 685. The smallest absolute Gasteiger partial charge is 0.246 e. The highest BCUT2D eigenvalue weighted by atomic mass is 32.2. The van der Waals surface area contributed by atoms with Gasteiger partial charge in [-0.2, -0.15) is 9.40 Å². The summed E-state index contributed by atoms with van der Waals surface area (Å²) in [6.45, 7) is 3.36. The van der Waals surface area contributed by atoms with Crippen LogP contribution in [0.3, 0.4) is 0 Å². The van der Waals surface area contributed by atoms with Crippen molar-refractivity contribution in [2.24, 2.45) is 0 Å². The number of aryl methyl sites for hydroxylation is 1. The highest BCUT2D eigenvalue weighted by molar-refractivity contribution is 7.89. The molecule has 120 valence electrons. The lowest BCUT2D eigenvalue weighted by molar-refractivity contribution is 0.177. The molecule has 0 N–H and O–H groups in total. The van der Waals surface area contributed by atoms with Crippen molar-refractivity contribution in [3.05, 3.63) is 42.5 Å². The van der Waals surface area contributed by atoms with Gasteiger partial charge in [0.1, 0.15) is 4.90 Å². The van der Waals surface area contributed by atoms with Crippen LogP contribution in [0.5, 0.6) is 0 Å². The lowest BCUT2D eigenvalue weighted by Crippen LogP contribution is -2.33. The zero-order valence-electron chi connectivity index (χ0n) is 12.7. The molecule has 0 bridgehead atoms. The van der Waals surface area contributed by atoms with Gasteiger partial charge in [-0.1, -0.05) is 6.07 Å². The number of methoxy groups -OCH3 is 1. The zero-order valence-corrected chi connectivity index (χ0v) is 13.5. The van der Waals surface area contributed by atoms with Crippen LogP contribution in [0.4, 0.5) is 0 Å². The molecule has 7 nitrogen and oxygen atoms in total. The van der Waals surface area contributed by atoms with Crippen molar-refractivity contribution in [2.75, 3.05) is 20.3 Å². The minimum atomic E-state index is -3.62. The molecule has 2 rings (SSSR count). The van der Waals surface area contributed by atoms with E-state index < -0.39 is 10.0 Å². The summed E-state index contributed by atoms with van der Waals surface area (Å²) >= 11 is 0. The molecule has 2 aromatic rings. The van der Waals surface area contributed by atoms with E-state index in [4.69, 9.17) is 4.74 Å². The second-order valence-electron chi connectivity index (χ2n) is 4.72. The van der Waals surface area contributed by atoms with Crippen LogP contribution in [0.15, 0.2) is 41.8 Å². The summed E-state index contributed by atoms with van der Waals surface area (Å²) in [6.07, 6.45) is 6.23. The molecule has 0 radical (unpaired) electrons. The third-order valence-corrected chi connectivity index (χ3v) is 5.00. The predicted octanol–water partition coefficient (Wildman–Crippen LogP) is 1.14. The van der Waals surface area contributed by atoms with Crippen molar-refractivity contribution in [3.63, 3.8) is 0 Å². The number of ether oxygens (including phenoxy) is 1. The second-order valence-corrected chi connectivity index (χ2v) is 6.66. The first-order valence-electron chi connectivity index (χ1n) is 6.98. The molecule has 2 heterocycles. The number of hydrogen-bond acceptors (Lipinski definition) is 5. The Morgan fingerprint density at radius 3 is 2.77 bits per heavy atom. The molecule has 0 aliphatic carbocycles. The van der Waals surface area contributed by atoms with Gasteiger partial charge in [0.2, 0.25) is 10.0 Å². The normalized spacial score (nSPS) is 12.0. The molecule has 0 saturated heterocycles. The summed E-state index contributed by atoms with van der Waals surface area (Å²) in [4.78, 5) is 4.21. The van der Waals surface area contributed by atoms with Crippen LogP contribution in [0.1, 0.15) is 12.5 Å². The Balaban J connectivity index is 2.26. The number of pyridine rings is 1. The second kappa shape index (κ2) is 7.48. The van der Waals surface area contributed by atoms with Gasteiger partial charge in [0.05, 0.1) is 12.8 Å². The van der Waals surface area contributed by atoms with Crippen LogP contribution in [0.25, 0.3) is 0 Å². The van der Waals surface area contributed by atoms with Gasteiger partial charge in [-0.3, -0.25) is 9.67 Å². The minimum absolute atomic E-state index is 0.189. The molecule has 0 aromatic carbocycles. The van der Waals surface area contributed by atoms with E-state index in [9.17, 15) is 8.42 Å². The first-order valence-corrected chi connectivity index (χ1v) is 8.42. The number of hydrogen-bond donors (Lipinski definition) is 0. The third-order valence-electron chi connectivity index (χ3n) is 3.20. The maximum absolute atomic E-state index is 12.8. The number of nitrogens with zero attached hydrogens (tertiary/aromatic N) is 4.